The van der Waals surface area contributed by atoms with Gasteiger partial charge in [-0.2, -0.15) is 0 Å². The molecule has 106 valence electrons. The van der Waals surface area contributed by atoms with Gasteiger partial charge in [0.05, 0.1) is 7.11 Å². The molecule has 1 aromatic carbocycles. The molecule has 0 fully saturated rings. The number of hydrogen-bond donors (Lipinski definition) is 1. The fourth-order valence-electron chi connectivity index (χ4n) is 2.08. The molecule has 1 aromatic heterocycles. The van der Waals surface area contributed by atoms with Gasteiger partial charge in [-0.1, -0.05) is 6.07 Å². The van der Waals surface area contributed by atoms with Crippen molar-refractivity contribution in [1.82, 2.24) is 10.3 Å². The molecule has 2 rings (SSSR count). The van der Waals surface area contributed by atoms with Crippen LogP contribution in [0.5, 0.6) is 5.75 Å². The Morgan fingerprint density at radius 3 is 2.75 bits per heavy atom. The summed E-state index contributed by atoms with van der Waals surface area (Å²) < 4.78 is 19.6. The molecule has 0 aliphatic carbocycles. The molecule has 3 nitrogen and oxygen atoms in total. The lowest BCUT2D eigenvalue weighted by molar-refractivity contribution is 0.386. The zero-order valence-corrected chi connectivity index (χ0v) is 12.9. The van der Waals surface area contributed by atoms with Crippen LogP contribution in [-0.4, -0.2) is 19.1 Å². The maximum absolute atomic E-state index is 13.7. The Balaban J connectivity index is 2.20. The third-order valence-electron chi connectivity index (χ3n) is 3.13. The Kier molecular flexibility index (Phi) is 5.09. The molecular formula is C15H16BrFN2O. The molecule has 0 bridgehead atoms. The number of ether oxygens (including phenoxy) is 1. The van der Waals surface area contributed by atoms with Gasteiger partial charge >= 0.3 is 0 Å². The fraction of sp³-hybridized carbons (Fsp3) is 0.267. The predicted octanol–water partition coefficient (Wildman–Crippen LogP) is 3.50. The first-order valence-corrected chi connectivity index (χ1v) is 7.03. The van der Waals surface area contributed by atoms with Crippen LogP contribution in [0, 0.1) is 5.82 Å². The first-order valence-electron chi connectivity index (χ1n) is 6.24. The van der Waals surface area contributed by atoms with Crippen molar-refractivity contribution in [2.75, 3.05) is 14.2 Å². The van der Waals surface area contributed by atoms with Gasteiger partial charge in [0.25, 0.3) is 0 Å². The third kappa shape index (κ3) is 3.55. The summed E-state index contributed by atoms with van der Waals surface area (Å²) in [6, 6.07) is 7.12. The number of aromatic nitrogens is 1. The lowest BCUT2D eigenvalue weighted by Gasteiger charge is -2.17. The van der Waals surface area contributed by atoms with E-state index in [4.69, 9.17) is 4.74 Å². The molecule has 0 saturated carbocycles. The standard InChI is InChI=1S/C15H16BrFN2O/c1-18-14(11-7-12(16)9-19-8-11)6-10-3-4-15(20-2)13(17)5-10/h3-5,7-9,14,18H,6H2,1-2H3. The van der Waals surface area contributed by atoms with Gasteiger partial charge in [-0.25, -0.2) is 4.39 Å². The second-order valence-electron chi connectivity index (χ2n) is 4.45. The summed E-state index contributed by atoms with van der Waals surface area (Å²) in [4.78, 5) is 4.16. The number of nitrogens with zero attached hydrogens (tertiary/aromatic N) is 1. The number of hydrogen-bond acceptors (Lipinski definition) is 3. The van der Waals surface area contributed by atoms with Crippen LogP contribution in [0.15, 0.2) is 41.1 Å². The van der Waals surface area contributed by atoms with E-state index in [1.807, 2.05) is 25.4 Å². The average Bonchev–Trinajstić information content (AvgIpc) is 2.45. The second kappa shape index (κ2) is 6.81. The van der Waals surface area contributed by atoms with Crippen LogP contribution in [0.3, 0.4) is 0 Å². The van der Waals surface area contributed by atoms with Crippen molar-refractivity contribution in [3.63, 3.8) is 0 Å². The van der Waals surface area contributed by atoms with Crippen LogP contribution in [0.2, 0.25) is 0 Å². The van der Waals surface area contributed by atoms with Gasteiger partial charge in [0.2, 0.25) is 0 Å². The van der Waals surface area contributed by atoms with E-state index in [1.54, 1.807) is 12.3 Å². The van der Waals surface area contributed by atoms with Crippen molar-refractivity contribution in [2.24, 2.45) is 0 Å². The van der Waals surface area contributed by atoms with Crippen molar-refractivity contribution in [3.05, 3.63) is 58.1 Å². The molecule has 2 aromatic rings. The molecule has 20 heavy (non-hydrogen) atoms. The first kappa shape index (κ1) is 14.9. The van der Waals surface area contributed by atoms with Crippen LogP contribution in [0.1, 0.15) is 17.2 Å². The number of pyridine rings is 1. The summed E-state index contributed by atoms with van der Waals surface area (Å²) in [5.74, 6) is -0.0777. The topological polar surface area (TPSA) is 34.1 Å². The Morgan fingerprint density at radius 1 is 1.35 bits per heavy atom. The van der Waals surface area contributed by atoms with Crippen molar-refractivity contribution in [2.45, 2.75) is 12.5 Å². The maximum atomic E-state index is 13.7. The molecule has 1 unspecified atom stereocenters. The Hall–Kier alpha value is -1.46. The van der Waals surface area contributed by atoms with Gasteiger partial charge in [-0.05, 0) is 58.7 Å². The molecule has 0 aliphatic rings. The average molecular weight is 339 g/mol. The third-order valence-corrected chi connectivity index (χ3v) is 3.57. The first-order chi connectivity index (χ1) is 9.63. The van der Waals surface area contributed by atoms with Crippen molar-refractivity contribution >= 4 is 15.9 Å². The van der Waals surface area contributed by atoms with E-state index >= 15 is 0 Å². The van der Waals surface area contributed by atoms with Crippen LogP contribution in [-0.2, 0) is 6.42 Å². The highest BCUT2D eigenvalue weighted by Crippen LogP contribution is 2.23. The largest absolute Gasteiger partial charge is 0.494 e. The summed E-state index contributed by atoms with van der Waals surface area (Å²) in [6.07, 6.45) is 4.23. The fourth-order valence-corrected chi connectivity index (χ4v) is 2.46. The number of rotatable bonds is 5. The molecule has 1 N–H and O–H groups in total. The summed E-state index contributed by atoms with van der Waals surface area (Å²) in [6.45, 7) is 0. The van der Waals surface area contributed by atoms with E-state index < -0.39 is 0 Å². The second-order valence-corrected chi connectivity index (χ2v) is 5.37. The SMILES string of the molecule is CNC(Cc1ccc(OC)c(F)c1)c1cncc(Br)c1. The van der Waals surface area contributed by atoms with Crippen molar-refractivity contribution in [3.8, 4) is 5.75 Å². The number of halogens is 2. The van der Waals surface area contributed by atoms with Crippen molar-refractivity contribution in [1.29, 1.82) is 0 Å². The maximum Gasteiger partial charge on any atom is 0.165 e. The monoisotopic (exact) mass is 338 g/mol. The van der Waals surface area contributed by atoms with Crippen LogP contribution >= 0.6 is 15.9 Å². The molecule has 0 saturated heterocycles. The highest BCUT2D eigenvalue weighted by Gasteiger charge is 2.12. The Bertz CT molecular complexity index is 592. The molecule has 0 aliphatic heterocycles. The minimum absolute atomic E-state index is 0.0767. The van der Waals surface area contributed by atoms with Gasteiger partial charge in [0.15, 0.2) is 11.6 Å². The number of likely N-dealkylation sites (N-methyl/N-ethyl adjacent to an activating group) is 1. The Morgan fingerprint density at radius 2 is 2.15 bits per heavy atom. The predicted molar refractivity (Wildman–Crippen MR) is 80.4 cm³/mol. The van der Waals surface area contributed by atoms with Gasteiger partial charge in [-0.15, -0.1) is 0 Å². The lowest BCUT2D eigenvalue weighted by Crippen LogP contribution is -2.19. The molecule has 1 atom stereocenters. The number of nitrogens with one attached hydrogen (secondary N) is 1. The van der Waals surface area contributed by atoms with Crippen molar-refractivity contribution < 1.29 is 9.13 Å². The summed E-state index contributed by atoms with van der Waals surface area (Å²) in [5.41, 5.74) is 1.96. The van der Waals surface area contributed by atoms with Gasteiger partial charge in [0, 0.05) is 22.9 Å². The Labute approximate surface area is 126 Å². The lowest BCUT2D eigenvalue weighted by atomic mass is 10.0. The minimum Gasteiger partial charge on any atom is -0.494 e. The van der Waals surface area contributed by atoms with Gasteiger partial charge < -0.3 is 10.1 Å². The molecule has 0 amide bonds. The highest BCUT2D eigenvalue weighted by atomic mass is 79.9. The smallest absolute Gasteiger partial charge is 0.165 e. The zero-order chi connectivity index (χ0) is 14.5. The van der Waals surface area contributed by atoms with Crippen LogP contribution < -0.4 is 10.1 Å². The van der Waals surface area contributed by atoms with E-state index in [1.165, 1.54) is 13.2 Å². The highest BCUT2D eigenvalue weighted by molar-refractivity contribution is 9.10. The summed E-state index contributed by atoms with van der Waals surface area (Å²) >= 11 is 3.41. The van der Waals surface area contributed by atoms with Gasteiger partial charge in [-0.3, -0.25) is 4.98 Å². The van der Waals surface area contributed by atoms with E-state index in [2.05, 4.69) is 26.2 Å². The molecular weight excluding hydrogens is 323 g/mol. The minimum atomic E-state index is -0.341. The molecule has 5 heteroatoms. The summed E-state index contributed by atoms with van der Waals surface area (Å²) in [5, 5.41) is 3.23. The van der Waals surface area contributed by atoms with Gasteiger partial charge in [0.1, 0.15) is 0 Å². The quantitative estimate of drug-likeness (QED) is 0.905. The number of benzene rings is 1. The molecule has 1 heterocycles. The molecule has 0 radical (unpaired) electrons. The van der Waals surface area contributed by atoms with Crippen LogP contribution in [0.4, 0.5) is 4.39 Å². The van der Waals surface area contributed by atoms with E-state index in [9.17, 15) is 4.39 Å². The van der Waals surface area contributed by atoms with E-state index in [-0.39, 0.29) is 17.6 Å². The zero-order valence-electron chi connectivity index (χ0n) is 11.4. The van der Waals surface area contributed by atoms with Crippen LogP contribution in [0.25, 0.3) is 0 Å². The van der Waals surface area contributed by atoms with E-state index in [0.29, 0.717) is 6.42 Å². The summed E-state index contributed by atoms with van der Waals surface area (Å²) in [7, 11) is 3.34. The molecule has 0 spiro atoms. The normalized spacial score (nSPS) is 12.2. The number of methoxy groups -OCH3 is 1. The van der Waals surface area contributed by atoms with E-state index in [0.717, 1.165) is 15.6 Å².